The number of alkyl halides is 1. The fourth-order valence-corrected chi connectivity index (χ4v) is 2.58. The molecule has 7 heteroatoms. The van der Waals surface area contributed by atoms with E-state index in [1.54, 1.807) is 15.4 Å². The van der Waals surface area contributed by atoms with Crippen LogP contribution >= 0.6 is 11.6 Å². The number of fused-ring (bicyclic) bond motifs is 1. The van der Waals surface area contributed by atoms with Crippen LogP contribution in [0.5, 0.6) is 0 Å². The van der Waals surface area contributed by atoms with Crippen molar-refractivity contribution in [3.8, 4) is 0 Å². The van der Waals surface area contributed by atoms with Crippen molar-refractivity contribution >= 4 is 22.6 Å². The van der Waals surface area contributed by atoms with Gasteiger partial charge in [-0.1, -0.05) is 0 Å². The first-order valence-corrected chi connectivity index (χ1v) is 7.10. The molecule has 3 rings (SSSR count). The zero-order valence-corrected chi connectivity index (χ0v) is 11.9. The van der Waals surface area contributed by atoms with E-state index in [1.807, 2.05) is 12.3 Å². The summed E-state index contributed by atoms with van der Waals surface area (Å²) < 4.78 is 30.7. The number of aromatic nitrogens is 4. The topological polar surface area (TPSA) is 35.6 Å². The van der Waals surface area contributed by atoms with Gasteiger partial charge in [0, 0.05) is 31.5 Å². The molecule has 0 aliphatic rings. The second-order valence-electron chi connectivity index (χ2n) is 4.69. The molecular formula is C14H13ClF2N4. The van der Waals surface area contributed by atoms with Crippen LogP contribution in [0, 0.1) is 11.6 Å². The first-order chi connectivity index (χ1) is 10.2. The van der Waals surface area contributed by atoms with Crippen molar-refractivity contribution < 1.29 is 8.78 Å². The monoisotopic (exact) mass is 310 g/mol. The highest BCUT2D eigenvalue weighted by Crippen LogP contribution is 2.22. The maximum atomic E-state index is 13.7. The predicted octanol–water partition coefficient (Wildman–Crippen LogP) is 3.34. The zero-order chi connectivity index (χ0) is 14.8. The van der Waals surface area contributed by atoms with E-state index in [-0.39, 0.29) is 11.4 Å². The quantitative estimate of drug-likeness (QED) is 0.678. The maximum Gasteiger partial charge on any atom is 0.153 e. The molecule has 3 aromatic rings. The van der Waals surface area contributed by atoms with Gasteiger partial charge >= 0.3 is 0 Å². The van der Waals surface area contributed by atoms with Crippen LogP contribution in [0.3, 0.4) is 0 Å². The van der Waals surface area contributed by atoms with Crippen molar-refractivity contribution in [1.82, 2.24) is 19.3 Å². The summed E-state index contributed by atoms with van der Waals surface area (Å²) in [5.74, 6) is -0.592. The van der Waals surface area contributed by atoms with E-state index in [4.69, 9.17) is 11.6 Å². The third-order valence-corrected chi connectivity index (χ3v) is 3.54. The fraction of sp³-hybridized carbons (Fsp3) is 0.286. The van der Waals surface area contributed by atoms with Crippen LogP contribution in [-0.2, 0) is 19.0 Å². The number of benzene rings is 1. The maximum absolute atomic E-state index is 13.7. The molecule has 1 aromatic carbocycles. The van der Waals surface area contributed by atoms with Gasteiger partial charge in [-0.25, -0.2) is 13.8 Å². The highest BCUT2D eigenvalue weighted by atomic mass is 35.5. The van der Waals surface area contributed by atoms with Crippen molar-refractivity contribution in [3.63, 3.8) is 0 Å². The van der Waals surface area contributed by atoms with Gasteiger partial charge in [0.2, 0.25) is 0 Å². The molecule has 0 fully saturated rings. The van der Waals surface area contributed by atoms with Crippen LogP contribution in [0.25, 0.3) is 11.0 Å². The molecule has 0 saturated heterocycles. The predicted molar refractivity (Wildman–Crippen MR) is 76.1 cm³/mol. The van der Waals surface area contributed by atoms with E-state index in [2.05, 4.69) is 10.1 Å². The van der Waals surface area contributed by atoms with Crippen LogP contribution in [0.2, 0.25) is 0 Å². The Bertz CT molecular complexity index is 752. The van der Waals surface area contributed by atoms with Crippen LogP contribution in [0.4, 0.5) is 8.78 Å². The lowest BCUT2D eigenvalue weighted by molar-refractivity contribution is 0.526. The molecule has 4 nitrogen and oxygen atoms in total. The van der Waals surface area contributed by atoms with Gasteiger partial charge in [-0.3, -0.25) is 4.68 Å². The molecule has 21 heavy (non-hydrogen) atoms. The van der Waals surface area contributed by atoms with Crippen LogP contribution in [-0.4, -0.2) is 19.3 Å². The standard InChI is InChI=1S/C14H13ClF2N4/c15-9-13-19-14-11(17)7-10(16)8-12(14)21(13)6-2-5-20-4-1-3-18-20/h1,3-4,7-8H,2,5-6,9H2. The second-order valence-corrected chi connectivity index (χ2v) is 4.96. The molecule has 0 saturated carbocycles. The van der Waals surface area contributed by atoms with E-state index in [0.717, 1.165) is 12.5 Å². The summed E-state index contributed by atoms with van der Waals surface area (Å²) in [4.78, 5) is 4.15. The molecule has 0 radical (unpaired) electrons. The number of halogens is 3. The first-order valence-electron chi connectivity index (χ1n) is 6.56. The average Bonchev–Trinajstić information content (AvgIpc) is 3.07. The number of hydrogen-bond donors (Lipinski definition) is 0. The highest BCUT2D eigenvalue weighted by Gasteiger charge is 2.14. The van der Waals surface area contributed by atoms with Gasteiger partial charge in [0.15, 0.2) is 5.82 Å². The van der Waals surface area contributed by atoms with E-state index in [9.17, 15) is 8.78 Å². The molecule has 0 bridgehead atoms. The van der Waals surface area contributed by atoms with Gasteiger partial charge in [0.05, 0.1) is 11.4 Å². The lowest BCUT2D eigenvalue weighted by atomic mass is 10.3. The summed E-state index contributed by atoms with van der Waals surface area (Å²) in [7, 11) is 0. The second kappa shape index (κ2) is 5.81. The van der Waals surface area contributed by atoms with Crippen LogP contribution in [0.15, 0.2) is 30.6 Å². The highest BCUT2D eigenvalue weighted by molar-refractivity contribution is 6.16. The van der Waals surface area contributed by atoms with E-state index in [1.165, 1.54) is 6.07 Å². The Balaban J connectivity index is 1.89. The summed E-state index contributed by atoms with van der Waals surface area (Å²) in [6, 6.07) is 3.97. The number of imidazole rings is 1. The Morgan fingerprint density at radius 3 is 2.76 bits per heavy atom. The number of aryl methyl sites for hydroxylation is 2. The smallest absolute Gasteiger partial charge is 0.153 e. The molecule has 0 aliphatic carbocycles. The van der Waals surface area contributed by atoms with Crippen molar-refractivity contribution in [2.75, 3.05) is 0 Å². The van der Waals surface area contributed by atoms with Gasteiger partial charge in [0.1, 0.15) is 17.2 Å². The fourth-order valence-electron chi connectivity index (χ4n) is 2.37. The van der Waals surface area contributed by atoms with Crippen molar-refractivity contribution in [1.29, 1.82) is 0 Å². The zero-order valence-electron chi connectivity index (χ0n) is 11.1. The SMILES string of the molecule is Fc1cc(F)c2nc(CCl)n(CCCn3cccn3)c2c1. The minimum Gasteiger partial charge on any atom is -0.327 e. The molecule has 2 heterocycles. The van der Waals surface area contributed by atoms with Gasteiger partial charge < -0.3 is 4.57 Å². The molecule has 0 spiro atoms. The van der Waals surface area contributed by atoms with Gasteiger partial charge in [-0.05, 0) is 18.6 Å². The minimum absolute atomic E-state index is 0.150. The Morgan fingerprint density at radius 2 is 2.05 bits per heavy atom. The lowest BCUT2D eigenvalue weighted by Crippen LogP contribution is -2.07. The molecule has 2 aromatic heterocycles. The normalized spacial score (nSPS) is 11.4. The average molecular weight is 311 g/mol. The number of hydrogen-bond acceptors (Lipinski definition) is 2. The van der Waals surface area contributed by atoms with Gasteiger partial charge in [-0.15, -0.1) is 11.6 Å². The third kappa shape index (κ3) is 2.76. The lowest BCUT2D eigenvalue weighted by Gasteiger charge is -2.08. The number of rotatable bonds is 5. The Kier molecular flexibility index (Phi) is 3.88. The third-order valence-electron chi connectivity index (χ3n) is 3.30. The van der Waals surface area contributed by atoms with Crippen LogP contribution in [0.1, 0.15) is 12.2 Å². The van der Waals surface area contributed by atoms with Gasteiger partial charge in [0.25, 0.3) is 0 Å². The van der Waals surface area contributed by atoms with Crippen molar-refractivity contribution in [2.24, 2.45) is 0 Å². The minimum atomic E-state index is -0.665. The Morgan fingerprint density at radius 1 is 1.19 bits per heavy atom. The Labute approximate surface area is 125 Å². The molecule has 0 atom stereocenters. The van der Waals surface area contributed by atoms with E-state index >= 15 is 0 Å². The molecule has 0 N–H and O–H groups in total. The van der Waals surface area contributed by atoms with Crippen molar-refractivity contribution in [3.05, 3.63) is 48.1 Å². The van der Waals surface area contributed by atoms with E-state index < -0.39 is 11.6 Å². The Hall–Kier alpha value is -1.95. The summed E-state index contributed by atoms with van der Waals surface area (Å²) >= 11 is 5.86. The number of nitrogens with zero attached hydrogens (tertiary/aromatic N) is 4. The van der Waals surface area contributed by atoms with Gasteiger partial charge in [-0.2, -0.15) is 5.10 Å². The molecule has 0 unspecified atom stereocenters. The molecule has 110 valence electrons. The first kappa shape index (κ1) is 14.0. The molecule has 0 aliphatic heterocycles. The largest absolute Gasteiger partial charge is 0.327 e. The van der Waals surface area contributed by atoms with Crippen LogP contribution < -0.4 is 0 Å². The molecular weight excluding hydrogens is 298 g/mol. The molecule has 0 amide bonds. The summed E-state index contributed by atoms with van der Waals surface area (Å²) in [5, 5.41) is 4.11. The summed E-state index contributed by atoms with van der Waals surface area (Å²) in [5.41, 5.74) is 0.592. The summed E-state index contributed by atoms with van der Waals surface area (Å²) in [6.07, 6.45) is 4.34. The van der Waals surface area contributed by atoms with E-state index in [0.29, 0.717) is 24.4 Å². The summed E-state index contributed by atoms with van der Waals surface area (Å²) in [6.45, 7) is 1.29. The van der Waals surface area contributed by atoms with Crippen molar-refractivity contribution in [2.45, 2.75) is 25.4 Å².